The predicted molar refractivity (Wildman–Crippen MR) is 428 cm³/mol. The van der Waals surface area contributed by atoms with Crippen molar-refractivity contribution in [2.24, 2.45) is 0 Å². The number of rotatable bonds is 61. The molecule has 3 fully saturated rings. The van der Waals surface area contributed by atoms with Gasteiger partial charge in [0.25, 0.3) is 0 Å². The van der Waals surface area contributed by atoms with Gasteiger partial charge in [0.15, 0.2) is 18.9 Å². The van der Waals surface area contributed by atoms with Gasteiger partial charge in [0, 0.05) is 6.42 Å². The van der Waals surface area contributed by atoms with E-state index >= 15 is 0 Å². The highest BCUT2D eigenvalue weighted by Crippen LogP contribution is 2.33. The maximum Gasteiger partial charge on any atom is 0.220 e. The molecule has 3 saturated heterocycles. The van der Waals surface area contributed by atoms with Gasteiger partial charge in [-0.2, -0.15) is 0 Å². The van der Waals surface area contributed by atoms with Gasteiger partial charge < -0.3 is 89.9 Å². The molecule has 0 aromatic rings. The van der Waals surface area contributed by atoms with Crippen molar-refractivity contribution in [1.29, 1.82) is 0 Å². The number of hydrogen-bond donors (Lipinski definition) is 12. The Morgan fingerprint density at radius 2 is 0.654 bits per heavy atom. The van der Waals surface area contributed by atoms with Gasteiger partial charge in [-0.3, -0.25) is 4.79 Å². The van der Waals surface area contributed by atoms with E-state index in [1.165, 1.54) is 70.6 Å². The van der Waals surface area contributed by atoms with Crippen molar-refractivity contribution in [2.45, 2.75) is 336 Å². The smallest absolute Gasteiger partial charge is 0.220 e. The van der Waals surface area contributed by atoms with Crippen LogP contribution in [0.15, 0.2) is 182 Å². The topological polar surface area (TPSA) is 307 Å². The summed E-state index contributed by atoms with van der Waals surface area (Å²) in [7, 11) is 0. The maximum absolute atomic E-state index is 13.5. The van der Waals surface area contributed by atoms with Crippen LogP contribution >= 0.6 is 0 Å². The molecule has 606 valence electrons. The quantitative estimate of drug-likeness (QED) is 0.0199. The number of allylic oxidation sites excluding steroid dienone is 29. The van der Waals surface area contributed by atoms with Crippen molar-refractivity contribution in [3.05, 3.63) is 182 Å². The van der Waals surface area contributed by atoms with Crippen LogP contribution in [0.2, 0.25) is 0 Å². The highest BCUT2D eigenvalue weighted by molar-refractivity contribution is 5.76. The Bertz CT molecular complexity index is 2650. The van der Waals surface area contributed by atoms with Crippen LogP contribution in [0.5, 0.6) is 0 Å². The van der Waals surface area contributed by atoms with Crippen molar-refractivity contribution in [3.63, 3.8) is 0 Å². The van der Waals surface area contributed by atoms with E-state index < -0.39 is 131 Å². The molecule has 0 aliphatic carbocycles. The number of hydrogen-bond acceptors (Lipinski definition) is 18. The third-order valence-electron chi connectivity index (χ3n) is 18.7. The standard InChI is InChI=1S/C88H141NO18/c1-3-5-7-9-11-13-15-17-19-21-23-25-26-27-28-29-30-31-32-33-34-35-36-37-38-39-40-41-42-43-44-46-48-50-52-54-56-58-60-62-64-66-76(94)89-71(72(93)65-63-61-59-57-55-53-51-49-47-45-24-22-20-18-16-14-12-10-8-6-4-2)70-102-86-82(100)79(97)84(74(68-91)104-86)107-88-83(101)80(98)85(75(69-92)105-88)106-87-81(99)78(96)77(95)73(67-90)103-87/h5,7,11,13,17,19,23,25,27-28,30-31,33-34,36-37,39-40,42-43,46-49,52,54-55,57,63,65,71-75,77-88,90-93,95-101H,3-4,6,8-10,12,14-16,18,20-22,24,26,29,32,35,38,41,44-45,50-51,53,56,58-62,64,66-70H2,1-2H3,(H,89,94)/b7-5-,13-11-,19-17-,25-23-,28-27-,31-30-,34-33-,37-36-,40-39-,43-42-,48-46-,49-47+,54-52-,57-55+,65-63+. The summed E-state index contributed by atoms with van der Waals surface area (Å²) in [6.45, 7) is 1.56. The Hall–Kier alpha value is -5.11. The van der Waals surface area contributed by atoms with Crippen molar-refractivity contribution in [3.8, 4) is 0 Å². The normalized spacial score (nSPS) is 26.5. The number of aliphatic hydroxyl groups excluding tert-OH is 11. The summed E-state index contributed by atoms with van der Waals surface area (Å²) in [6.07, 6.45) is 73.0. The van der Waals surface area contributed by atoms with Crippen LogP contribution in [0, 0.1) is 0 Å². The van der Waals surface area contributed by atoms with Crippen LogP contribution in [0.3, 0.4) is 0 Å². The van der Waals surface area contributed by atoms with Gasteiger partial charge in [-0.05, 0) is 135 Å². The van der Waals surface area contributed by atoms with Crippen LogP contribution in [0.25, 0.3) is 0 Å². The van der Waals surface area contributed by atoms with Gasteiger partial charge in [-0.25, -0.2) is 0 Å². The first-order valence-corrected chi connectivity index (χ1v) is 40.5. The molecule has 19 heteroatoms. The number of aliphatic hydroxyl groups is 11. The fourth-order valence-corrected chi connectivity index (χ4v) is 12.2. The lowest BCUT2D eigenvalue weighted by molar-refractivity contribution is -0.379. The molecule has 3 heterocycles. The zero-order valence-electron chi connectivity index (χ0n) is 64.8. The van der Waals surface area contributed by atoms with E-state index in [0.717, 1.165) is 128 Å². The molecule has 0 aromatic heterocycles. The lowest BCUT2D eigenvalue weighted by atomic mass is 9.96. The van der Waals surface area contributed by atoms with Crippen molar-refractivity contribution < 1.29 is 89.4 Å². The van der Waals surface area contributed by atoms with E-state index in [0.29, 0.717) is 12.8 Å². The summed E-state index contributed by atoms with van der Waals surface area (Å²) < 4.78 is 34.4. The molecule has 1 amide bonds. The molecule has 17 unspecified atom stereocenters. The third-order valence-corrected chi connectivity index (χ3v) is 18.7. The fraction of sp³-hybridized carbons (Fsp3) is 0.648. The summed E-state index contributed by atoms with van der Waals surface area (Å²) in [5.74, 6) is -0.321. The average molecular weight is 1500 g/mol. The Balaban J connectivity index is 1.38. The van der Waals surface area contributed by atoms with Crippen LogP contribution in [-0.4, -0.2) is 193 Å². The molecular weight excluding hydrogens is 1360 g/mol. The zero-order chi connectivity index (χ0) is 77.4. The first-order chi connectivity index (χ1) is 52.3. The number of carbonyl (C=O) groups excluding carboxylic acids is 1. The number of unbranched alkanes of at least 4 members (excludes halogenated alkanes) is 17. The van der Waals surface area contributed by atoms with E-state index in [1.54, 1.807) is 6.08 Å². The van der Waals surface area contributed by atoms with E-state index in [4.69, 9.17) is 28.4 Å². The number of amides is 1. The van der Waals surface area contributed by atoms with E-state index in [2.05, 4.69) is 189 Å². The third kappa shape index (κ3) is 45.1. The van der Waals surface area contributed by atoms with E-state index in [-0.39, 0.29) is 12.3 Å². The van der Waals surface area contributed by atoms with E-state index in [9.17, 15) is 61.0 Å². The molecule has 0 radical (unpaired) electrons. The van der Waals surface area contributed by atoms with Crippen LogP contribution in [-0.2, 0) is 33.2 Å². The Morgan fingerprint density at radius 1 is 0.346 bits per heavy atom. The minimum atomic E-state index is -2.00. The highest BCUT2D eigenvalue weighted by atomic mass is 16.8. The van der Waals surface area contributed by atoms with Crippen molar-refractivity contribution in [1.82, 2.24) is 5.32 Å². The second-order valence-corrected chi connectivity index (χ2v) is 27.8. The Labute approximate surface area is 642 Å². The summed E-state index contributed by atoms with van der Waals surface area (Å²) in [4.78, 5) is 13.5. The molecule has 107 heavy (non-hydrogen) atoms. The molecular formula is C88H141NO18. The van der Waals surface area contributed by atoms with Gasteiger partial charge in [0.05, 0.1) is 38.6 Å². The average Bonchev–Trinajstić information content (AvgIpc) is 0.782. The van der Waals surface area contributed by atoms with Crippen molar-refractivity contribution in [2.75, 3.05) is 26.4 Å². The van der Waals surface area contributed by atoms with Gasteiger partial charge in [-0.1, -0.05) is 273 Å². The second-order valence-electron chi connectivity index (χ2n) is 27.8. The molecule has 3 aliphatic heterocycles. The molecule has 3 rings (SSSR count). The van der Waals surface area contributed by atoms with Gasteiger partial charge in [0.1, 0.15) is 73.2 Å². The van der Waals surface area contributed by atoms with Crippen LogP contribution in [0.1, 0.15) is 232 Å². The minimum absolute atomic E-state index is 0.190. The summed E-state index contributed by atoms with van der Waals surface area (Å²) in [6, 6.07) is -1.03. The predicted octanol–water partition coefficient (Wildman–Crippen LogP) is 13.9. The summed E-state index contributed by atoms with van der Waals surface area (Å²) >= 11 is 0. The second kappa shape index (κ2) is 65.6. The monoisotopic (exact) mass is 1500 g/mol. The zero-order valence-corrected chi connectivity index (χ0v) is 64.8. The fourth-order valence-electron chi connectivity index (χ4n) is 12.2. The van der Waals surface area contributed by atoms with Gasteiger partial charge in [-0.15, -0.1) is 0 Å². The molecule has 0 saturated carbocycles. The van der Waals surface area contributed by atoms with Crippen molar-refractivity contribution >= 4 is 5.91 Å². The first-order valence-electron chi connectivity index (χ1n) is 40.5. The van der Waals surface area contributed by atoms with E-state index in [1.807, 2.05) is 6.08 Å². The number of carbonyl (C=O) groups is 1. The SMILES string of the molecule is CC/C=C\C/C=C\C/C=C\C/C=C\C/C=C\C/C=C\C/C=C\C/C=C\C/C=C\C/C=C\C/C=C\C/C=C\CCCCCCC(=O)NC(COC1OC(CO)C(OC2OC(CO)C(OC3OC(CO)C(O)C(O)C3O)C(O)C2O)C(O)C1O)C(O)/C=C/CC/C=C/CC/C=C/CCCCCCCCCCCCC. The molecule has 0 aromatic carbocycles. The molecule has 0 bridgehead atoms. The molecule has 17 atom stereocenters. The van der Waals surface area contributed by atoms with Crippen LogP contribution < -0.4 is 5.32 Å². The Kier molecular flexibility index (Phi) is 58.9. The number of nitrogens with one attached hydrogen (secondary N) is 1. The summed E-state index contributed by atoms with van der Waals surface area (Å²) in [5, 5.41) is 121. The molecule has 3 aliphatic rings. The molecule has 12 N–H and O–H groups in total. The van der Waals surface area contributed by atoms with Gasteiger partial charge in [0.2, 0.25) is 5.91 Å². The lowest BCUT2D eigenvalue weighted by Gasteiger charge is -2.48. The summed E-state index contributed by atoms with van der Waals surface area (Å²) in [5.41, 5.74) is 0. The highest BCUT2D eigenvalue weighted by Gasteiger charge is 2.54. The largest absolute Gasteiger partial charge is 0.394 e. The van der Waals surface area contributed by atoms with Crippen LogP contribution in [0.4, 0.5) is 0 Å². The lowest BCUT2D eigenvalue weighted by Crippen LogP contribution is -2.66. The minimum Gasteiger partial charge on any atom is -0.394 e. The number of ether oxygens (including phenoxy) is 6. The molecule has 19 nitrogen and oxygen atoms in total. The Morgan fingerprint density at radius 3 is 1.05 bits per heavy atom. The maximum atomic E-state index is 13.5. The first kappa shape index (κ1) is 96.1. The van der Waals surface area contributed by atoms with Gasteiger partial charge >= 0.3 is 0 Å². The molecule has 0 spiro atoms.